The molecule has 6 nitrogen and oxygen atoms in total. The van der Waals surface area contributed by atoms with Gasteiger partial charge in [-0.2, -0.15) is 0 Å². The molecule has 2 heterocycles. The number of methoxy groups -OCH3 is 1. The minimum Gasteiger partial charge on any atom is -0.495 e. The summed E-state index contributed by atoms with van der Waals surface area (Å²) in [6, 6.07) is 30.6. The van der Waals surface area contributed by atoms with Crippen molar-refractivity contribution >= 4 is 33.3 Å². The van der Waals surface area contributed by atoms with Crippen LogP contribution in [-0.4, -0.2) is 26.9 Å². The molecule has 6 aromatic rings. The molecule has 0 aliphatic heterocycles. The average molecular weight is 458 g/mol. The van der Waals surface area contributed by atoms with E-state index in [1.807, 2.05) is 65.5 Å². The molecule has 0 amide bonds. The number of anilines is 2. The number of para-hydroxylation sites is 2. The van der Waals surface area contributed by atoms with E-state index in [4.69, 9.17) is 4.74 Å². The van der Waals surface area contributed by atoms with Crippen LogP contribution in [-0.2, 0) is 0 Å². The summed E-state index contributed by atoms with van der Waals surface area (Å²) < 4.78 is 7.56. The van der Waals surface area contributed by atoms with E-state index in [0.29, 0.717) is 5.82 Å². The van der Waals surface area contributed by atoms with Gasteiger partial charge in [0.1, 0.15) is 17.8 Å². The predicted octanol–water partition coefficient (Wildman–Crippen LogP) is 6.70. The number of hydrogen-bond acceptors (Lipinski definition) is 5. The number of aromatic nitrogens is 4. The van der Waals surface area contributed by atoms with E-state index in [0.717, 1.165) is 50.2 Å². The molecule has 0 aliphatic carbocycles. The number of nitrogens with zero attached hydrogens (tertiary/aromatic N) is 4. The van der Waals surface area contributed by atoms with E-state index in [9.17, 15) is 0 Å². The maximum absolute atomic E-state index is 5.53. The molecule has 0 unspecified atom stereocenters. The first-order chi connectivity index (χ1) is 17.2. The van der Waals surface area contributed by atoms with Crippen molar-refractivity contribution in [3.05, 3.63) is 103 Å². The van der Waals surface area contributed by atoms with Crippen LogP contribution in [0.4, 0.5) is 11.5 Å². The molecule has 0 atom stereocenters. The van der Waals surface area contributed by atoms with Crippen LogP contribution in [0.25, 0.3) is 38.8 Å². The summed E-state index contributed by atoms with van der Waals surface area (Å²) in [6.45, 7) is 2.08. The Hall–Kier alpha value is -4.71. The van der Waals surface area contributed by atoms with Gasteiger partial charge in [-0.25, -0.2) is 4.98 Å². The highest BCUT2D eigenvalue weighted by Crippen LogP contribution is 2.32. The van der Waals surface area contributed by atoms with Crippen LogP contribution in [0, 0.1) is 6.92 Å². The first-order valence-corrected chi connectivity index (χ1v) is 11.4. The summed E-state index contributed by atoms with van der Waals surface area (Å²) in [6.07, 6.45) is 1.82. The maximum Gasteiger partial charge on any atom is 0.161 e. The number of aryl methyl sites for hydroxylation is 1. The molecule has 0 spiro atoms. The molecule has 170 valence electrons. The molecule has 6 rings (SSSR count). The highest BCUT2D eigenvalue weighted by atomic mass is 16.5. The Labute approximate surface area is 202 Å². The largest absolute Gasteiger partial charge is 0.495 e. The van der Waals surface area contributed by atoms with E-state index >= 15 is 0 Å². The molecule has 6 heteroatoms. The van der Waals surface area contributed by atoms with Gasteiger partial charge in [-0.05, 0) is 37.3 Å². The Morgan fingerprint density at radius 2 is 1.57 bits per heavy atom. The maximum atomic E-state index is 5.53. The molecule has 0 bridgehead atoms. The van der Waals surface area contributed by atoms with Gasteiger partial charge in [0, 0.05) is 22.0 Å². The fourth-order valence-corrected chi connectivity index (χ4v) is 4.37. The quantitative estimate of drug-likeness (QED) is 0.312. The van der Waals surface area contributed by atoms with Crippen LogP contribution < -0.4 is 10.1 Å². The fourth-order valence-electron chi connectivity index (χ4n) is 4.37. The normalized spacial score (nSPS) is 11.1. The van der Waals surface area contributed by atoms with E-state index in [1.54, 1.807) is 7.11 Å². The minimum absolute atomic E-state index is 0.708. The zero-order chi connectivity index (χ0) is 23.8. The molecule has 0 saturated carbocycles. The second-order valence-corrected chi connectivity index (χ2v) is 8.42. The highest BCUT2D eigenvalue weighted by Gasteiger charge is 2.13. The van der Waals surface area contributed by atoms with Gasteiger partial charge < -0.3 is 10.1 Å². The molecular formula is C29H23N5O. The topological polar surface area (TPSA) is 64.9 Å². The van der Waals surface area contributed by atoms with E-state index in [2.05, 4.69) is 63.8 Å². The molecule has 0 aliphatic rings. The summed E-state index contributed by atoms with van der Waals surface area (Å²) in [5.74, 6) is 1.50. The summed E-state index contributed by atoms with van der Waals surface area (Å²) in [4.78, 5) is 4.63. The van der Waals surface area contributed by atoms with Crippen LogP contribution in [0.3, 0.4) is 0 Å². The number of hydrogen-bond donors (Lipinski definition) is 1. The second kappa shape index (κ2) is 8.57. The molecule has 0 radical (unpaired) electrons. The lowest BCUT2D eigenvalue weighted by molar-refractivity contribution is 0.413. The van der Waals surface area contributed by atoms with Crippen molar-refractivity contribution in [2.45, 2.75) is 6.92 Å². The minimum atomic E-state index is 0.708. The van der Waals surface area contributed by atoms with Crippen molar-refractivity contribution in [3.63, 3.8) is 0 Å². The lowest BCUT2D eigenvalue weighted by Gasteiger charge is -2.12. The van der Waals surface area contributed by atoms with Crippen molar-refractivity contribution in [2.24, 2.45) is 0 Å². The third kappa shape index (κ3) is 3.75. The van der Waals surface area contributed by atoms with Crippen LogP contribution in [0.2, 0.25) is 0 Å². The number of imidazole rings is 1. The Kier molecular flexibility index (Phi) is 5.11. The smallest absolute Gasteiger partial charge is 0.161 e. The SMILES string of the molecule is COc1ccccc1-n1cnc2cc(Nc3nnc(-c4ccc(C)cc4)c4ccccc34)ccc21. The van der Waals surface area contributed by atoms with E-state index in [1.165, 1.54) is 5.56 Å². The summed E-state index contributed by atoms with van der Waals surface area (Å²) in [7, 11) is 1.68. The first-order valence-electron chi connectivity index (χ1n) is 11.4. The van der Waals surface area contributed by atoms with Crippen molar-refractivity contribution in [2.75, 3.05) is 12.4 Å². The number of nitrogens with one attached hydrogen (secondary N) is 1. The van der Waals surface area contributed by atoms with Gasteiger partial charge >= 0.3 is 0 Å². The van der Waals surface area contributed by atoms with Gasteiger partial charge in [0.2, 0.25) is 0 Å². The molecule has 1 N–H and O–H groups in total. The van der Waals surface area contributed by atoms with Gasteiger partial charge in [0.25, 0.3) is 0 Å². The third-order valence-electron chi connectivity index (χ3n) is 6.17. The fraction of sp³-hybridized carbons (Fsp3) is 0.0690. The monoisotopic (exact) mass is 457 g/mol. The first kappa shape index (κ1) is 20.9. The lowest BCUT2D eigenvalue weighted by atomic mass is 10.0. The van der Waals surface area contributed by atoms with E-state index in [-0.39, 0.29) is 0 Å². The number of rotatable bonds is 5. The lowest BCUT2D eigenvalue weighted by Crippen LogP contribution is -1.99. The van der Waals surface area contributed by atoms with Crippen molar-refractivity contribution in [1.82, 2.24) is 19.7 Å². The Morgan fingerprint density at radius 1 is 0.800 bits per heavy atom. The second-order valence-electron chi connectivity index (χ2n) is 8.42. The molecule has 0 saturated heterocycles. The summed E-state index contributed by atoms with van der Waals surface area (Å²) in [5, 5.41) is 14.6. The zero-order valence-electron chi connectivity index (χ0n) is 19.4. The van der Waals surface area contributed by atoms with Gasteiger partial charge in [0.15, 0.2) is 5.82 Å². The van der Waals surface area contributed by atoms with Crippen molar-refractivity contribution in [3.8, 4) is 22.7 Å². The Balaban J connectivity index is 1.38. The van der Waals surface area contributed by atoms with Gasteiger partial charge in [0.05, 0.1) is 23.8 Å². The highest BCUT2D eigenvalue weighted by molar-refractivity contribution is 6.01. The van der Waals surface area contributed by atoms with Crippen LogP contribution in [0.5, 0.6) is 5.75 Å². The van der Waals surface area contributed by atoms with Crippen LogP contribution >= 0.6 is 0 Å². The summed E-state index contributed by atoms with van der Waals surface area (Å²) >= 11 is 0. The number of benzene rings is 4. The molecule has 4 aromatic carbocycles. The van der Waals surface area contributed by atoms with Crippen LogP contribution in [0.15, 0.2) is 97.3 Å². The number of fused-ring (bicyclic) bond motifs is 2. The van der Waals surface area contributed by atoms with Gasteiger partial charge in [-0.1, -0.05) is 66.2 Å². The van der Waals surface area contributed by atoms with Gasteiger partial charge in [-0.3, -0.25) is 4.57 Å². The Bertz CT molecular complexity index is 1670. The molecule has 35 heavy (non-hydrogen) atoms. The average Bonchev–Trinajstić information content (AvgIpc) is 3.32. The Morgan fingerprint density at radius 3 is 2.40 bits per heavy atom. The van der Waals surface area contributed by atoms with E-state index < -0.39 is 0 Å². The molecule has 2 aromatic heterocycles. The molecular weight excluding hydrogens is 434 g/mol. The predicted molar refractivity (Wildman–Crippen MR) is 141 cm³/mol. The zero-order valence-corrected chi connectivity index (χ0v) is 19.4. The molecule has 0 fully saturated rings. The van der Waals surface area contributed by atoms with Crippen LogP contribution in [0.1, 0.15) is 5.56 Å². The number of ether oxygens (including phenoxy) is 1. The van der Waals surface area contributed by atoms with Crippen molar-refractivity contribution in [1.29, 1.82) is 0 Å². The standard InChI is InChI=1S/C29H23N5O/c1-19-11-13-20(14-12-19)28-22-7-3-4-8-23(22)29(33-32-28)31-21-15-16-25-24(17-21)30-18-34(25)26-9-5-6-10-27(26)35-2/h3-18H,1-2H3,(H,31,33). The van der Waals surface area contributed by atoms with Gasteiger partial charge in [-0.15, -0.1) is 10.2 Å². The summed E-state index contributed by atoms with van der Waals surface area (Å²) in [5.41, 5.74) is 6.84. The van der Waals surface area contributed by atoms with Crippen molar-refractivity contribution < 1.29 is 4.74 Å². The third-order valence-corrected chi connectivity index (χ3v) is 6.17.